The number of hydrogen-bond donors (Lipinski definition) is 1. The zero-order chi connectivity index (χ0) is 25.8. The molecule has 5 rings (SSSR count). The summed E-state index contributed by atoms with van der Waals surface area (Å²) in [6.07, 6.45) is 3.90. The van der Waals surface area contributed by atoms with Crippen LogP contribution in [0.2, 0.25) is 0 Å². The van der Waals surface area contributed by atoms with Gasteiger partial charge < -0.3 is 10.2 Å². The van der Waals surface area contributed by atoms with Crippen LogP contribution in [0.25, 0.3) is 10.2 Å². The average molecular weight is 546 g/mol. The Hall–Kier alpha value is -2.60. The lowest BCUT2D eigenvalue weighted by Crippen LogP contribution is -2.48. The molecule has 198 valence electrons. The second-order valence-corrected chi connectivity index (χ2v) is 12.5. The van der Waals surface area contributed by atoms with E-state index < -0.39 is 10.0 Å². The number of sulfonamides is 1. The maximum atomic E-state index is 13.5. The molecule has 2 aliphatic heterocycles. The van der Waals surface area contributed by atoms with Crippen LogP contribution in [0.3, 0.4) is 0 Å². The maximum absolute atomic E-state index is 13.5. The number of nitrogens with one attached hydrogen (secondary N) is 1. The molecule has 2 aromatic carbocycles. The summed E-state index contributed by atoms with van der Waals surface area (Å²) in [6.45, 7) is 5.69. The van der Waals surface area contributed by atoms with Crippen molar-refractivity contribution in [3.05, 3.63) is 53.8 Å². The van der Waals surface area contributed by atoms with Gasteiger partial charge in [0.05, 0.1) is 15.1 Å². The van der Waals surface area contributed by atoms with Gasteiger partial charge >= 0.3 is 0 Å². The van der Waals surface area contributed by atoms with Crippen LogP contribution in [0.15, 0.2) is 47.4 Å². The van der Waals surface area contributed by atoms with Gasteiger partial charge in [0, 0.05) is 57.9 Å². The van der Waals surface area contributed by atoms with Crippen molar-refractivity contribution in [2.75, 3.05) is 57.3 Å². The highest BCUT2D eigenvalue weighted by Gasteiger charge is 2.25. The molecule has 0 bridgehead atoms. The van der Waals surface area contributed by atoms with Crippen molar-refractivity contribution in [1.29, 1.82) is 0 Å². The van der Waals surface area contributed by atoms with E-state index in [2.05, 4.69) is 20.1 Å². The molecule has 37 heavy (non-hydrogen) atoms. The number of hydrogen-bond acceptors (Lipinski definition) is 7. The number of aromatic nitrogens is 1. The quantitative estimate of drug-likeness (QED) is 0.489. The van der Waals surface area contributed by atoms with E-state index in [0.717, 1.165) is 73.8 Å². The summed E-state index contributed by atoms with van der Waals surface area (Å²) in [6, 6.07) is 10.9. The number of piperazine rings is 1. The number of anilines is 1. The van der Waals surface area contributed by atoms with Crippen molar-refractivity contribution in [3.63, 3.8) is 0 Å². The number of halogens is 1. The second kappa shape index (κ2) is 11.4. The molecule has 1 aromatic heterocycles. The molecule has 2 aliphatic rings. The Balaban J connectivity index is 1.08. The van der Waals surface area contributed by atoms with Gasteiger partial charge in [0.1, 0.15) is 5.82 Å². The molecule has 0 atom stereocenters. The fourth-order valence-electron chi connectivity index (χ4n) is 4.82. The number of nitrogens with zero attached hydrogens (tertiary/aromatic N) is 4. The van der Waals surface area contributed by atoms with Gasteiger partial charge in [0.2, 0.25) is 10.0 Å². The predicted molar refractivity (Wildman–Crippen MR) is 144 cm³/mol. The number of fused-ring (bicyclic) bond motifs is 1. The molecule has 0 radical (unpaired) electrons. The Bertz CT molecular complexity index is 1330. The van der Waals surface area contributed by atoms with Gasteiger partial charge in [-0.15, -0.1) is 0 Å². The molecule has 3 aromatic rings. The van der Waals surface area contributed by atoms with E-state index in [-0.39, 0.29) is 16.6 Å². The molecule has 0 unspecified atom stereocenters. The second-order valence-electron chi connectivity index (χ2n) is 9.54. The van der Waals surface area contributed by atoms with Gasteiger partial charge in [0.15, 0.2) is 5.13 Å². The van der Waals surface area contributed by atoms with E-state index >= 15 is 0 Å². The molecular weight excluding hydrogens is 513 g/mol. The Labute approximate surface area is 221 Å². The van der Waals surface area contributed by atoms with E-state index in [1.165, 1.54) is 35.6 Å². The standard InChI is InChI=1S/C26H32FN5O3S2/c27-21-7-10-23-24(19-21)36-26(29-23)31-17-15-30(16-18-31)14-11-28-25(33)20-5-8-22(9-6-20)37(34,35)32-12-3-1-2-4-13-32/h5-10,19H,1-4,11-18H2,(H,28,33). The fourth-order valence-corrected chi connectivity index (χ4v) is 7.38. The van der Waals surface area contributed by atoms with E-state index in [1.807, 2.05) is 0 Å². The molecule has 1 N–H and O–H groups in total. The summed E-state index contributed by atoms with van der Waals surface area (Å²) in [4.78, 5) is 22.0. The zero-order valence-corrected chi connectivity index (χ0v) is 22.4. The summed E-state index contributed by atoms with van der Waals surface area (Å²) in [5.74, 6) is -0.456. The van der Waals surface area contributed by atoms with Gasteiger partial charge in [0.25, 0.3) is 5.91 Å². The van der Waals surface area contributed by atoms with E-state index in [0.29, 0.717) is 25.2 Å². The number of amides is 1. The third-order valence-corrected chi connectivity index (χ3v) is 10.0. The summed E-state index contributed by atoms with van der Waals surface area (Å²) < 4.78 is 41.8. The van der Waals surface area contributed by atoms with Crippen molar-refractivity contribution in [2.45, 2.75) is 30.6 Å². The van der Waals surface area contributed by atoms with Gasteiger partial charge in [-0.05, 0) is 55.3 Å². The highest BCUT2D eigenvalue weighted by atomic mass is 32.2. The molecule has 2 fully saturated rings. The fraction of sp³-hybridized carbons (Fsp3) is 0.462. The Kier molecular flexibility index (Phi) is 8.04. The maximum Gasteiger partial charge on any atom is 0.251 e. The van der Waals surface area contributed by atoms with Gasteiger partial charge in [-0.1, -0.05) is 24.2 Å². The van der Waals surface area contributed by atoms with E-state index in [9.17, 15) is 17.6 Å². The van der Waals surface area contributed by atoms with E-state index in [4.69, 9.17) is 0 Å². The predicted octanol–water partition coefficient (Wildman–Crippen LogP) is 3.55. The Morgan fingerprint density at radius 2 is 1.65 bits per heavy atom. The first kappa shape index (κ1) is 26.0. The summed E-state index contributed by atoms with van der Waals surface area (Å²) >= 11 is 1.51. The summed E-state index contributed by atoms with van der Waals surface area (Å²) in [5, 5.41) is 3.85. The largest absolute Gasteiger partial charge is 0.351 e. The average Bonchev–Trinajstić information content (AvgIpc) is 3.12. The number of benzene rings is 2. The van der Waals surface area contributed by atoms with Crippen LogP contribution < -0.4 is 10.2 Å². The van der Waals surface area contributed by atoms with Crippen molar-refractivity contribution >= 4 is 42.6 Å². The number of carbonyl (C=O) groups excluding carboxylic acids is 1. The third kappa shape index (κ3) is 6.11. The monoisotopic (exact) mass is 545 g/mol. The van der Waals surface area contributed by atoms with Crippen LogP contribution in [-0.2, 0) is 10.0 Å². The molecule has 1 amide bonds. The van der Waals surface area contributed by atoms with Gasteiger partial charge in [-0.25, -0.2) is 17.8 Å². The molecular formula is C26H32FN5O3S2. The lowest BCUT2D eigenvalue weighted by Gasteiger charge is -2.34. The van der Waals surface area contributed by atoms with Crippen LogP contribution in [-0.4, -0.2) is 80.9 Å². The van der Waals surface area contributed by atoms with Gasteiger partial charge in [-0.2, -0.15) is 4.31 Å². The molecule has 0 saturated carbocycles. The first-order valence-corrected chi connectivity index (χ1v) is 15.1. The minimum atomic E-state index is -3.52. The van der Waals surface area contributed by atoms with Crippen molar-refractivity contribution in [1.82, 2.24) is 19.5 Å². The highest BCUT2D eigenvalue weighted by Crippen LogP contribution is 2.30. The van der Waals surface area contributed by atoms with Crippen LogP contribution in [0, 0.1) is 5.82 Å². The normalized spacial score (nSPS) is 18.1. The SMILES string of the molecule is O=C(NCCN1CCN(c2nc3ccc(F)cc3s2)CC1)c1ccc(S(=O)(=O)N2CCCCCC2)cc1. The summed E-state index contributed by atoms with van der Waals surface area (Å²) in [7, 11) is -3.52. The zero-order valence-electron chi connectivity index (χ0n) is 20.7. The minimum Gasteiger partial charge on any atom is -0.351 e. The molecule has 3 heterocycles. The number of rotatable bonds is 7. The van der Waals surface area contributed by atoms with Gasteiger partial charge in [-0.3, -0.25) is 9.69 Å². The van der Waals surface area contributed by atoms with Crippen molar-refractivity contribution < 1.29 is 17.6 Å². The molecule has 0 aliphatic carbocycles. The van der Waals surface area contributed by atoms with Crippen molar-refractivity contribution in [3.8, 4) is 0 Å². The van der Waals surface area contributed by atoms with Crippen molar-refractivity contribution in [2.24, 2.45) is 0 Å². The van der Waals surface area contributed by atoms with Crippen LogP contribution in [0.5, 0.6) is 0 Å². The van der Waals surface area contributed by atoms with Crippen LogP contribution in [0.4, 0.5) is 9.52 Å². The number of thiazole rings is 1. The Morgan fingerprint density at radius 1 is 0.946 bits per heavy atom. The lowest BCUT2D eigenvalue weighted by atomic mass is 10.2. The molecule has 11 heteroatoms. The molecule has 2 saturated heterocycles. The molecule has 8 nitrogen and oxygen atoms in total. The first-order chi connectivity index (χ1) is 17.9. The Morgan fingerprint density at radius 3 is 2.35 bits per heavy atom. The first-order valence-electron chi connectivity index (χ1n) is 12.8. The third-order valence-electron chi connectivity index (χ3n) is 7.01. The number of carbonyl (C=O) groups is 1. The topological polar surface area (TPSA) is 85.9 Å². The lowest BCUT2D eigenvalue weighted by molar-refractivity contribution is 0.0947. The summed E-state index contributed by atoms with van der Waals surface area (Å²) in [5.41, 5.74) is 1.27. The molecule has 0 spiro atoms. The minimum absolute atomic E-state index is 0.209. The van der Waals surface area contributed by atoms with E-state index in [1.54, 1.807) is 22.5 Å². The highest BCUT2D eigenvalue weighted by molar-refractivity contribution is 7.89. The smallest absolute Gasteiger partial charge is 0.251 e. The van der Waals surface area contributed by atoms with Crippen LogP contribution >= 0.6 is 11.3 Å². The van der Waals surface area contributed by atoms with Crippen LogP contribution in [0.1, 0.15) is 36.0 Å².